The van der Waals surface area contributed by atoms with Gasteiger partial charge in [-0.1, -0.05) is 0 Å². The summed E-state index contributed by atoms with van der Waals surface area (Å²) in [4.78, 5) is 17.7. The topological polar surface area (TPSA) is 77.2 Å². The van der Waals surface area contributed by atoms with E-state index in [1.165, 1.54) is 4.88 Å². The number of thiazole rings is 1. The number of hydrogen-bond donors (Lipinski definition) is 2. The number of rotatable bonds is 2. The van der Waals surface area contributed by atoms with E-state index < -0.39 is 5.60 Å². The molecule has 3 aliphatic carbocycles. The molecule has 0 saturated heterocycles. The van der Waals surface area contributed by atoms with Crippen LogP contribution in [0, 0.1) is 6.92 Å². The van der Waals surface area contributed by atoms with Crippen LogP contribution in [-0.2, 0) is 10.2 Å². The summed E-state index contributed by atoms with van der Waals surface area (Å²) in [5.74, 6) is 0. The first kappa shape index (κ1) is 14.6. The molecule has 3 saturated carbocycles. The maximum atomic E-state index is 12.0. The van der Waals surface area contributed by atoms with Crippen LogP contribution in [-0.4, -0.2) is 22.2 Å². The summed E-state index contributed by atoms with van der Waals surface area (Å²) in [6, 6.07) is 0. The highest BCUT2D eigenvalue weighted by molar-refractivity contribution is 7.15. The first-order valence-corrected chi connectivity index (χ1v) is 8.19. The van der Waals surface area contributed by atoms with Crippen molar-refractivity contribution in [3.8, 4) is 0 Å². The van der Waals surface area contributed by atoms with Crippen LogP contribution in [0.25, 0.3) is 0 Å². The van der Waals surface area contributed by atoms with Crippen molar-refractivity contribution in [3.63, 3.8) is 0 Å². The lowest BCUT2D eigenvalue weighted by Gasteiger charge is -2.47. The van der Waals surface area contributed by atoms with Crippen molar-refractivity contribution >= 4 is 22.6 Å². The Labute approximate surface area is 129 Å². The average molecular weight is 309 g/mol. The third-order valence-corrected chi connectivity index (χ3v) is 5.32. The van der Waals surface area contributed by atoms with Crippen LogP contribution in [0.1, 0.15) is 57.0 Å². The van der Waals surface area contributed by atoms with Gasteiger partial charge in [-0.25, -0.2) is 9.78 Å². The zero-order chi connectivity index (χ0) is 15.5. The van der Waals surface area contributed by atoms with E-state index in [1.54, 1.807) is 11.3 Å². The number of aromatic nitrogens is 1. The Kier molecular flexibility index (Phi) is 3.03. The highest BCUT2D eigenvalue weighted by Crippen LogP contribution is 2.62. The monoisotopic (exact) mass is 309 g/mol. The Balaban J connectivity index is 1.68. The molecular formula is C15H23N3O2S. The number of amides is 1. The van der Waals surface area contributed by atoms with E-state index in [4.69, 9.17) is 10.5 Å². The van der Waals surface area contributed by atoms with Gasteiger partial charge >= 0.3 is 6.09 Å². The number of nitrogens with two attached hydrogens (primary N) is 1. The quantitative estimate of drug-likeness (QED) is 0.880. The van der Waals surface area contributed by atoms with Crippen molar-refractivity contribution < 1.29 is 9.53 Å². The smallest absolute Gasteiger partial charge is 0.408 e. The fraction of sp³-hybridized carbons (Fsp3) is 0.733. The number of fused-ring (bicyclic) bond motifs is 1. The first-order chi connectivity index (χ1) is 9.63. The van der Waals surface area contributed by atoms with E-state index in [0.717, 1.165) is 31.4 Å². The number of ether oxygens (including phenoxy) is 1. The van der Waals surface area contributed by atoms with E-state index in [9.17, 15) is 4.79 Å². The van der Waals surface area contributed by atoms with Gasteiger partial charge in [0, 0.05) is 15.8 Å². The van der Waals surface area contributed by atoms with Crippen molar-refractivity contribution in [1.29, 1.82) is 0 Å². The summed E-state index contributed by atoms with van der Waals surface area (Å²) >= 11 is 1.55. The normalized spacial score (nSPS) is 30.9. The van der Waals surface area contributed by atoms with E-state index >= 15 is 0 Å². The second-order valence-electron chi connectivity index (χ2n) is 7.50. The number of nitrogens with zero attached hydrogens (tertiary/aromatic N) is 1. The Morgan fingerprint density at radius 3 is 2.57 bits per heavy atom. The first-order valence-electron chi connectivity index (χ1n) is 7.38. The van der Waals surface area contributed by atoms with Gasteiger partial charge in [0.1, 0.15) is 5.60 Å². The molecule has 6 heteroatoms. The summed E-state index contributed by atoms with van der Waals surface area (Å²) < 4.78 is 5.37. The molecule has 0 atom stereocenters. The van der Waals surface area contributed by atoms with Gasteiger partial charge in [0.25, 0.3) is 0 Å². The highest BCUT2D eigenvalue weighted by Gasteiger charge is 2.63. The van der Waals surface area contributed by atoms with Crippen LogP contribution in [0.15, 0.2) is 0 Å². The fourth-order valence-corrected chi connectivity index (χ4v) is 4.75. The molecule has 1 aromatic rings. The average Bonchev–Trinajstić information content (AvgIpc) is 2.86. The summed E-state index contributed by atoms with van der Waals surface area (Å²) in [5.41, 5.74) is 6.52. The van der Waals surface area contributed by atoms with Crippen molar-refractivity contribution in [2.75, 3.05) is 5.73 Å². The fourth-order valence-electron chi connectivity index (χ4n) is 3.94. The number of aryl methyl sites for hydroxylation is 1. The van der Waals surface area contributed by atoms with Gasteiger partial charge in [0.15, 0.2) is 5.13 Å². The zero-order valence-corrected chi connectivity index (χ0v) is 13.9. The van der Waals surface area contributed by atoms with Gasteiger partial charge in [-0.2, -0.15) is 0 Å². The lowest BCUT2D eigenvalue weighted by atomic mass is 9.63. The highest BCUT2D eigenvalue weighted by atomic mass is 32.1. The SMILES string of the molecule is Cc1sc(N)nc1C12CCC(NC(=O)OC(C)(C)C)(C1)C2. The molecule has 1 amide bonds. The molecule has 0 radical (unpaired) electrons. The molecule has 0 unspecified atom stereocenters. The summed E-state index contributed by atoms with van der Waals surface area (Å²) in [6.45, 7) is 7.72. The Morgan fingerprint density at radius 1 is 1.38 bits per heavy atom. The number of nitrogens with one attached hydrogen (secondary N) is 1. The minimum Gasteiger partial charge on any atom is -0.444 e. The molecule has 4 rings (SSSR count). The Bertz CT molecular complexity index is 582. The Hall–Kier alpha value is -1.30. The van der Waals surface area contributed by atoms with Crippen molar-refractivity contribution in [2.24, 2.45) is 0 Å². The number of carbonyl (C=O) groups is 1. The van der Waals surface area contributed by atoms with Gasteiger partial charge in [0.05, 0.1) is 5.69 Å². The number of carbonyl (C=O) groups excluding carboxylic acids is 1. The molecule has 0 aliphatic heterocycles. The number of alkyl carbamates (subject to hydrolysis) is 1. The van der Waals surface area contributed by atoms with Crippen LogP contribution < -0.4 is 11.1 Å². The lowest BCUT2D eigenvalue weighted by molar-refractivity contribution is 0.0370. The van der Waals surface area contributed by atoms with Crippen LogP contribution in [0.3, 0.4) is 0 Å². The van der Waals surface area contributed by atoms with Crippen LogP contribution in [0.4, 0.5) is 9.93 Å². The van der Waals surface area contributed by atoms with Crippen LogP contribution in [0.2, 0.25) is 0 Å². The predicted molar refractivity (Wildman–Crippen MR) is 83.5 cm³/mol. The molecule has 2 bridgehead atoms. The van der Waals surface area contributed by atoms with Crippen molar-refractivity contribution in [3.05, 3.63) is 10.6 Å². The largest absolute Gasteiger partial charge is 0.444 e. The van der Waals surface area contributed by atoms with Gasteiger partial charge in [-0.15, -0.1) is 11.3 Å². The predicted octanol–water partition coefficient (Wildman–Crippen LogP) is 3.12. The summed E-state index contributed by atoms with van der Waals surface area (Å²) in [5, 5.41) is 3.72. The maximum Gasteiger partial charge on any atom is 0.408 e. The maximum absolute atomic E-state index is 12.0. The van der Waals surface area contributed by atoms with Crippen molar-refractivity contribution in [2.45, 2.75) is 69.9 Å². The van der Waals surface area contributed by atoms with Gasteiger partial charge in [-0.05, 0) is 53.4 Å². The van der Waals surface area contributed by atoms with E-state index in [-0.39, 0.29) is 17.0 Å². The molecular weight excluding hydrogens is 286 g/mol. The number of anilines is 1. The number of nitrogen functional groups attached to an aromatic ring is 1. The van der Waals surface area contributed by atoms with Gasteiger partial charge in [0.2, 0.25) is 0 Å². The molecule has 1 heterocycles. The number of hydrogen-bond acceptors (Lipinski definition) is 5. The van der Waals surface area contributed by atoms with Crippen LogP contribution in [0.5, 0.6) is 0 Å². The molecule has 3 N–H and O–H groups in total. The molecule has 0 aromatic carbocycles. The van der Waals surface area contributed by atoms with Crippen molar-refractivity contribution in [1.82, 2.24) is 10.3 Å². The minimum atomic E-state index is -0.458. The summed E-state index contributed by atoms with van der Waals surface area (Å²) in [6.07, 6.45) is 3.63. The lowest BCUT2D eigenvalue weighted by Crippen LogP contribution is -2.58. The molecule has 0 spiro atoms. The third kappa shape index (κ3) is 2.50. The van der Waals surface area contributed by atoms with Gasteiger partial charge in [-0.3, -0.25) is 0 Å². The van der Waals surface area contributed by atoms with E-state index in [2.05, 4.69) is 17.2 Å². The molecule has 5 nitrogen and oxygen atoms in total. The standard InChI is InChI=1S/C15H23N3O2S/c1-9-10(17-11(16)21-9)14-5-6-15(7-14,8-14)18-12(19)20-13(2,3)4/h5-8H2,1-4H3,(H2,16,17)(H,18,19). The Morgan fingerprint density at radius 2 is 2.05 bits per heavy atom. The molecule has 1 aromatic heterocycles. The van der Waals surface area contributed by atoms with Crippen LogP contribution >= 0.6 is 11.3 Å². The zero-order valence-electron chi connectivity index (χ0n) is 13.1. The van der Waals surface area contributed by atoms with E-state index in [1.807, 2.05) is 20.8 Å². The molecule has 3 aliphatic rings. The third-order valence-electron chi connectivity index (χ3n) is 4.52. The van der Waals surface area contributed by atoms with Gasteiger partial charge < -0.3 is 15.8 Å². The second kappa shape index (κ2) is 4.35. The second-order valence-corrected chi connectivity index (χ2v) is 8.73. The molecule has 21 heavy (non-hydrogen) atoms. The molecule has 3 fully saturated rings. The summed E-state index contributed by atoms with van der Waals surface area (Å²) in [7, 11) is 0. The van der Waals surface area contributed by atoms with E-state index in [0.29, 0.717) is 5.13 Å². The molecule has 116 valence electrons. The minimum absolute atomic E-state index is 0.104.